The molecular formula is C13H18N4O2S. The number of hydrogen-bond donors (Lipinski definition) is 1. The summed E-state index contributed by atoms with van der Waals surface area (Å²) in [7, 11) is -2.97. The highest BCUT2D eigenvalue weighted by Crippen LogP contribution is 2.12. The summed E-state index contributed by atoms with van der Waals surface area (Å²) in [5.41, 5.74) is 2.01. The van der Waals surface area contributed by atoms with E-state index < -0.39 is 9.84 Å². The summed E-state index contributed by atoms with van der Waals surface area (Å²) >= 11 is 0. The van der Waals surface area contributed by atoms with Gasteiger partial charge in [0.05, 0.1) is 12.3 Å². The van der Waals surface area contributed by atoms with Gasteiger partial charge in [-0.15, -0.1) is 0 Å². The monoisotopic (exact) mass is 294 g/mol. The quantitative estimate of drug-likeness (QED) is 0.865. The lowest BCUT2D eigenvalue weighted by Crippen LogP contribution is -2.24. The van der Waals surface area contributed by atoms with Crippen molar-refractivity contribution in [3.8, 4) is 0 Å². The Kier molecular flexibility index (Phi) is 4.39. The zero-order valence-electron chi connectivity index (χ0n) is 11.5. The molecule has 1 N–H and O–H groups in total. The largest absolute Gasteiger partial charge is 0.382 e. The predicted molar refractivity (Wildman–Crippen MR) is 78.4 cm³/mol. The fraction of sp³-hybridized carbons (Fsp3) is 0.385. The molecule has 0 amide bonds. The Balaban J connectivity index is 1.94. The van der Waals surface area contributed by atoms with Crippen LogP contribution in [0.5, 0.6) is 0 Å². The second-order valence-corrected chi connectivity index (χ2v) is 7.11. The van der Waals surface area contributed by atoms with Gasteiger partial charge < -0.3 is 5.32 Å². The number of benzene rings is 1. The molecule has 7 heteroatoms. The van der Waals surface area contributed by atoms with Crippen molar-refractivity contribution in [1.29, 1.82) is 0 Å². The molecule has 108 valence electrons. The van der Waals surface area contributed by atoms with Gasteiger partial charge in [-0.1, -0.05) is 12.1 Å². The molecule has 1 aromatic heterocycles. The average molecular weight is 294 g/mol. The molecule has 0 saturated heterocycles. The highest BCUT2D eigenvalue weighted by molar-refractivity contribution is 7.90. The third-order valence-electron chi connectivity index (χ3n) is 2.73. The van der Waals surface area contributed by atoms with Gasteiger partial charge in [-0.2, -0.15) is 5.10 Å². The first-order valence-corrected chi connectivity index (χ1v) is 8.34. The fourth-order valence-electron chi connectivity index (χ4n) is 1.99. The van der Waals surface area contributed by atoms with Crippen LogP contribution in [0.3, 0.4) is 0 Å². The van der Waals surface area contributed by atoms with E-state index in [-0.39, 0.29) is 11.8 Å². The molecule has 0 fully saturated rings. The normalized spacial score (nSPS) is 13.1. The summed E-state index contributed by atoms with van der Waals surface area (Å²) < 4.78 is 24.2. The third kappa shape index (κ3) is 4.65. The van der Waals surface area contributed by atoms with Crippen molar-refractivity contribution in [2.45, 2.75) is 19.5 Å². The zero-order valence-corrected chi connectivity index (χ0v) is 12.3. The van der Waals surface area contributed by atoms with Gasteiger partial charge in [-0.3, -0.25) is 0 Å². The molecule has 20 heavy (non-hydrogen) atoms. The van der Waals surface area contributed by atoms with Crippen molar-refractivity contribution < 1.29 is 8.42 Å². The van der Waals surface area contributed by atoms with E-state index in [0.29, 0.717) is 6.54 Å². The highest BCUT2D eigenvalue weighted by Gasteiger charge is 2.10. The first kappa shape index (κ1) is 14.5. The highest BCUT2D eigenvalue weighted by atomic mass is 32.2. The van der Waals surface area contributed by atoms with Crippen LogP contribution in [0.1, 0.15) is 12.5 Å². The lowest BCUT2D eigenvalue weighted by molar-refractivity contribution is 0.598. The van der Waals surface area contributed by atoms with E-state index in [9.17, 15) is 8.42 Å². The molecule has 1 unspecified atom stereocenters. The summed E-state index contributed by atoms with van der Waals surface area (Å²) in [6, 6.07) is 7.72. The van der Waals surface area contributed by atoms with E-state index in [1.807, 2.05) is 31.2 Å². The molecule has 1 atom stereocenters. The molecule has 6 nitrogen and oxygen atoms in total. The number of nitrogens with one attached hydrogen (secondary N) is 1. The number of rotatable bonds is 6. The van der Waals surface area contributed by atoms with Crippen molar-refractivity contribution >= 4 is 15.5 Å². The van der Waals surface area contributed by atoms with Gasteiger partial charge in [0.25, 0.3) is 0 Å². The number of sulfone groups is 1. The van der Waals surface area contributed by atoms with Gasteiger partial charge >= 0.3 is 0 Å². The zero-order chi connectivity index (χ0) is 14.6. The molecular weight excluding hydrogens is 276 g/mol. The number of nitrogens with zero attached hydrogens (tertiary/aromatic N) is 3. The number of aromatic nitrogens is 3. The van der Waals surface area contributed by atoms with Crippen LogP contribution in [-0.2, 0) is 16.4 Å². The van der Waals surface area contributed by atoms with Crippen LogP contribution in [0.2, 0.25) is 0 Å². The van der Waals surface area contributed by atoms with Gasteiger partial charge in [0.15, 0.2) is 0 Å². The van der Waals surface area contributed by atoms with E-state index in [1.54, 1.807) is 11.0 Å². The molecule has 0 radical (unpaired) electrons. The number of hydrogen-bond acceptors (Lipinski definition) is 5. The van der Waals surface area contributed by atoms with Crippen molar-refractivity contribution in [2.24, 2.45) is 0 Å². The minimum absolute atomic E-state index is 0.119. The smallest absolute Gasteiger partial charge is 0.149 e. The number of anilines is 1. The molecule has 0 aliphatic carbocycles. The maximum atomic E-state index is 11.2. The van der Waals surface area contributed by atoms with Crippen molar-refractivity contribution in [3.05, 3.63) is 42.5 Å². The topological polar surface area (TPSA) is 76.9 Å². The minimum atomic E-state index is -2.97. The Bertz CT molecular complexity index is 636. The second-order valence-electron chi connectivity index (χ2n) is 4.93. The predicted octanol–water partition coefficient (Wildman–Crippen LogP) is 1.17. The van der Waals surface area contributed by atoms with Gasteiger partial charge in [0, 0.05) is 18.0 Å². The van der Waals surface area contributed by atoms with E-state index >= 15 is 0 Å². The average Bonchev–Trinajstić information content (AvgIpc) is 2.82. The van der Waals surface area contributed by atoms with E-state index in [4.69, 9.17) is 0 Å². The maximum Gasteiger partial charge on any atom is 0.149 e. The fourth-order valence-corrected chi connectivity index (χ4v) is 2.98. The van der Waals surface area contributed by atoms with Crippen LogP contribution in [0.15, 0.2) is 36.9 Å². The Morgan fingerprint density at radius 3 is 2.55 bits per heavy atom. The Labute approximate surface area is 118 Å². The summed E-state index contributed by atoms with van der Waals surface area (Å²) in [5.74, 6) is 0.119. The Morgan fingerprint density at radius 2 is 2.00 bits per heavy atom. The molecule has 0 saturated carbocycles. The lowest BCUT2D eigenvalue weighted by atomic mass is 10.2. The molecule has 0 spiro atoms. The van der Waals surface area contributed by atoms with Crippen LogP contribution in [0, 0.1) is 0 Å². The molecule has 1 aromatic carbocycles. The van der Waals surface area contributed by atoms with Crippen LogP contribution < -0.4 is 5.32 Å². The van der Waals surface area contributed by atoms with Crippen LogP contribution in [-0.4, -0.2) is 41.2 Å². The second kappa shape index (κ2) is 6.04. The van der Waals surface area contributed by atoms with Crippen molar-refractivity contribution in [2.75, 3.05) is 17.3 Å². The van der Waals surface area contributed by atoms with E-state index in [0.717, 1.165) is 11.3 Å². The summed E-state index contributed by atoms with van der Waals surface area (Å²) in [6.45, 7) is 2.52. The molecule has 1 heterocycles. The Morgan fingerprint density at radius 1 is 1.30 bits per heavy atom. The molecule has 2 rings (SSSR count). The van der Waals surface area contributed by atoms with E-state index in [2.05, 4.69) is 15.4 Å². The molecule has 2 aromatic rings. The molecule has 0 aliphatic heterocycles. The standard InChI is InChI=1S/C13H18N4O2S/c1-11(8-20(2,18)19)16-13-5-3-12(4-6-13)7-17-10-14-9-15-17/h3-6,9-11,16H,7-8H2,1-2H3. The van der Waals surface area contributed by atoms with Gasteiger partial charge in [0.1, 0.15) is 22.5 Å². The Hall–Kier alpha value is -1.89. The maximum absolute atomic E-state index is 11.2. The van der Waals surface area contributed by atoms with Crippen LogP contribution in [0.4, 0.5) is 5.69 Å². The first-order valence-electron chi connectivity index (χ1n) is 6.28. The van der Waals surface area contributed by atoms with E-state index in [1.165, 1.54) is 12.6 Å². The van der Waals surface area contributed by atoms with Gasteiger partial charge in [-0.05, 0) is 24.6 Å². The summed E-state index contributed by atoms with van der Waals surface area (Å²) in [4.78, 5) is 3.89. The van der Waals surface area contributed by atoms with Crippen LogP contribution >= 0.6 is 0 Å². The first-order chi connectivity index (χ1) is 9.42. The summed E-state index contributed by atoms with van der Waals surface area (Å²) in [6.07, 6.45) is 4.41. The minimum Gasteiger partial charge on any atom is -0.382 e. The van der Waals surface area contributed by atoms with Crippen LogP contribution in [0.25, 0.3) is 0 Å². The lowest BCUT2D eigenvalue weighted by Gasteiger charge is -2.14. The van der Waals surface area contributed by atoms with Crippen molar-refractivity contribution in [1.82, 2.24) is 14.8 Å². The molecule has 0 aliphatic rings. The van der Waals surface area contributed by atoms with Gasteiger partial charge in [0.2, 0.25) is 0 Å². The third-order valence-corrected chi connectivity index (χ3v) is 3.84. The summed E-state index contributed by atoms with van der Waals surface area (Å²) in [5, 5.41) is 7.22. The van der Waals surface area contributed by atoms with Gasteiger partial charge in [-0.25, -0.2) is 18.1 Å². The van der Waals surface area contributed by atoms with Crippen molar-refractivity contribution in [3.63, 3.8) is 0 Å². The SMILES string of the molecule is CC(CS(C)(=O)=O)Nc1ccc(Cn2cncn2)cc1. The molecule has 0 bridgehead atoms.